The second-order valence-corrected chi connectivity index (χ2v) is 3.67. The van der Waals surface area contributed by atoms with Crippen molar-refractivity contribution in [2.75, 3.05) is 26.8 Å². The number of methoxy groups -OCH3 is 1. The molecule has 3 nitrogen and oxygen atoms in total. The zero-order valence-electron chi connectivity index (χ0n) is 8.12. The van der Waals surface area contributed by atoms with Gasteiger partial charge in [-0.1, -0.05) is 0 Å². The van der Waals surface area contributed by atoms with Crippen molar-refractivity contribution < 1.29 is 4.74 Å². The zero-order valence-corrected chi connectivity index (χ0v) is 8.12. The van der Waals surface area contributed by atoms with Gasteiger partial charge in [-0.05, 0) is 19.8 Å². The number of rotatable bonds is 4. The lowest BCUT2D eigenvalue weighted by Gasteiger charge is -2.23. The standard InChI is InChI=1S/C9H20N2O/c1-8(4-6-12-2)11-5-3-9(10)7-11/h8-9H,3-7,10H2,1-2H3/t8?,9-/m0/s1. The molecule has 72 valence electrons. The second-order valence-electron chi connectivity index (χ2n) is 3.67. The van der Waals surface area contributed by atoms with Crippen molar-refractivity contribution in [1.82, 2.24) is 4.90 Å². The van der Waals surface area contributed by atoms with E-state index in [0.29, 0.717) is 12.1 Å². The highest BCUT2D eigenvalue weighted by Gasteiger charge is 2.22. The molecule has 0 spiro atoms. The molecule has 12 heavy (non-hydrogen) atoms. The maximum atomic E-state index is 5.82. The lowest BCUT2D eigenvalue weighted by molar-refractivity contribution is 0.152. The van der Waals surface area contributed by atoms with E-state index in [2.05, 4.69) is 11.8 Å². The number of hydrogen-bond donors (Lipinski definition) is 1. The molecule has 1 aliphatic heterocycles. The number of nitrogens with two attached hydrogens (primary N) is 1. The number of nitrogens with zero attached hydrogens (tertiary/aromatic N) is 1. The van der Waals surface area contributed by atoms with Crippen molar-refractivity contribution in [3.63, 3.8) is 0 Å². The molecule has 1 saturated heterocycles. The van der Waals surface area contributed by atoms with E-state index in [4.69, 9.17) is 10.5 Å². The first kappa shape index (κ1) is 9.96. The highest BCUT2D eigenvalue weighted by molar-refractivity contribution is 4.81. The summed E-state index contributed by atoms with van der Waals surface area (Å²) in [4.78, 5) is 2.45. The first-order valence-electron chi connectivity index (χ1n) is 4.72. The molecule has 0 bridgehead atoms. The van der Waals surface area contributed by atoms with E-state index in [9.17, 15) is 0 Å². The molecular formula is C9H20N2O. The monoisotopic (exact) mass is 172 g/mol. The van der Waals surface area contributed by atoms with E-state index in [-0.39, 0.29) is 0 Å². The average Bonchev–Trinajstić information content (AvgIpc) is 2.47. The fraction of sp³-hybridized carbons (Fsp3) is 1.00. The Kier molecular flexibility index (Phi) is 3.98. The summed E-state index contributed by atoms with van der Waals surface area (Å²) >= 11 is 0. The Balaban J connectivity index is 2.18. The molecule has 1 rings (SSSR count). The third-order valence-electron chi connectivity index (χ3n) is 2.62. The molecule has 1 aliphatic rings. The number of likely N-dealkylation sites (tertiary alicyclic amines) is 1. The third-order valence-corrected chi connectivity index (χ3v) is 2.62. The van der Waals surface area contributed by atoms with Gasteiger partial charge in [0, 0.05) is 38.9 Å². The van der Waals surface area contributed by atoms with Gasteiger partial charge < -0.3 is 10.5 Å². The summed E-state index contributed by atoms with van der Waals surface area (Å²) in [7, 11) is 1.75. The molecule has 0 aromatic heterocycles. The molecule has 0 aromatic rings. The molecule has 0 saturated carbocycles. The van der Waals surface area contributed by atoms with E-state index in [1.165, 1.54) is 0 Å². The van der Waals surface area contributed by atoms with E-state index in [1.807, 2.05) is 0 Å². The van der Waals surface area contributed by atoms with Crippen LogP contribution in [0.1, 0.15) is 19.8 Å². The van der Waals surface area contributed by atoms with E-state index in [1.54, 1.807) is 7.11 Å². The SMILES string of the molecule is COCCC(C)N1CC[C@H](N)C1. The minimum Gasteiger partial charge on any atom is -0.385 e. The Bertz CT molecular complexity index is 130. The van der Waals surface area contributed by atoms with Gasteiger partial charge in [0.15, 0.2) is 0 Å². The van der Waals surface area contributed by atoms with Gasteiger partial charge in [0.25, 0.3) is 0 Å². The van der Waals surface area contributed by atoms with Crippen LogP contribution >= 0.6 is 0 Å². The molecule has 1 fully saturated rings. The maximum absolute atomic E-state index is 5.82. The van der Waals surface area contributed by atoms with Crippen LogP contribution in [0.5, 0.6) is 0 Å². The Labute approximate surface area is 74.9 Å². The van der Waals surface area contributed by atoms with Gasteiger partial charge in [-0.15, -0.1) is 0 Å². The van der Waals surface area contributed by atoms with Crippen LogP contribution in [0.2, 0.25) is 0 Å². The average molecular weight is 172 g/mol. The third kappa shape index (κ3) is 2.73. The van der Waals surface area contributed by atoms with Gasteiger partial charge in [-0.3, -0.25) is 4.90 Å². The van der Waals surface area contributed by atoms with Crippen molar-refractivity contribution in [3.05, 3.63) is 0 Å². The van der Waals surface area contributed by atoms with Crippen molar-refractivity contribution in [1.29, 1.82) is 0 Å². The molecule has 0 amide bonds. The van der Waals surface area contributed by atoms with Gasteiger partial charge in [0.2, 0.25) is 0 Å². The Morgan fingerprint density at radius 2 is 2.42 bits per heavy atom. The molecule has 2 atom stereocenters. The molecule has 0 aromatic carbocycles. The number of hydrogen-bond acceptors (Lipinski definition) is 3. The van der Waals surface area contributed by atoms with Crippen LogP contribution in [0.3, 0.4) is 0 Å². The number of ether oxygens (including phenoxy) is 1. The van der Waals surface area contributed by atoms with Gasteiger partial charge in [-0.25, -0.2) is 0 Å². The molecule has 2 N–H and O–H groups in total. The summed E-state index contributed by atoms with van der Waals surface area (Å²) in [6.45, 7) is 5.32. The topological polar surface area (TPSA) is 38.5 Å². The quantitative estimate of drug-likeness (QED) is 0.669. The first-order valence-corrected chi connectivity index (χ1v) is 4.72. The predicted molar refractivity (Wildman–Crippen MR) is 50.1 cm³/mol. The van der Waals surface area contributed by atoms with Crippen molar-refractivity contribution in [3.8, 4) is 0 Å². The van der Waals surface area contributed by atoms with E-state index < -0.39 is 0 Å². The molecule has 3 heteroatoms. The Morgan fingerprint density at radius 3 is 2.92 bits per heavy atom. The smallest absolute Gasteiger partial charge is 0.0477 e. The molecule has 0 radical (unpaired) electrons. The molecule has 1 heterocycles. The molecular weight excluding hydrogens is 152 g/mol. The lowest BCUT2D eigenvalue weighted by Crippen LogP contribution is -2.34. The van der Waals surface area contributed by atoms with Crippen LogP contribution in [0.15, 0.2) is 0 Å². The van der Waals surface area contributed by atoms with Gasteiger partial charge in [-0.2, -0.15) is 0 Å². The summed E-state index contributed by atoms with van der Waals surface area (Å²) < 4.78 is 5.04. The normalized spacial score (nSPS) is 27.8. The largest absolute Gasteiger partial charge is 0.385 e. The Hall–Kier alpha value is -0.120. The summed E-state index contributed by atoms with van der Waals surface area (Å²) in [5.41, 5.74) is 5.82. The minimum absolute atomic E-state index is 0.398. The molecule has 1 unspecified atom stereocenters. The van der Waals surface area contributed by atoms with Crippen LogP contribution in [0.4, 0.5) is 0 Å². The van der Waals surface area contributed by atoms with E-state index in [0.717, 1.165) is 32.5 Å². The van der Waals surface area contributed by atoms with Gasteiger partial charge in [0.1, 0.15) is 0 Å². The maximum Gasteiger partial charge on any atom is 0.0477 e. The van der Waals surface area contributed by atoms with Crippen molar-refractivity contribution >= 4 is 0 Å². The van der Waals surface area contributed by atoms with Crippen LogP contribution in [-0.2, 0) is 4.74 Å². The van der Waals surface area contributed by atoms with Gasteiger partial charge in [0.05, 0.1) is 0 Å². The van der Waals surface area contributed by atoms with Crippen LogP contribution in [0.25, 0.3) is 0 Å². The van der Waals surface area contributed by atoms with Crippen LogP contribution < -0.4 is 5.73 Å². The predicted octanol–water partition coefficient (Wildman–Crippen LogP) is 0.444. The Morgan fingerprint density at radius 1 is 1.67 bits per heavy atom. The van der Waals surface area contributed by atoms with Crippen molar-refractivity contribution in [2.45, 2.75) is 31.8 Å². The fourth-order valence-corrected chi connectivity index (χ4v) is 1.69. The summed E-state index contributed by atoms with van der Waals surface area (Å²) in [6.07, 6.45) is 2.26. The minimum atomic E-state index is 0.398. The lowest BCUT2D eigenvalue weighted by atomic mass is 10.2. The highest BCUT2D eigenvalue weighted by Crippen LogP contribution is 2.12. The summed E-state index contributed by atoms with van der Waals surface area (Å²) in [5.74, 6) is 0. The summed E-state index contributed by atoms with van der Waals surface area (Å²) in [5, 5.41) is 0. The van der Waals surface area contributed by atoms with Crippen LogP contribution in [0, 0.1) is 0 Å². The van der Waals surface area contributed by atoms with Crippen LogP contribution in [-0.4, -0.2) is 43.8 Å². The zero-order chi connectivity index (χ0) is 8.97. The van der Waals surface area contributed by atoms with Crippen molar-refractivity contribution in [2.24, 2.45) is 5.73 Å². The first-order chi connectivity index (χ1) is 5.74. The molecule has 0 aliphatic carbocycles. The van der Waals surface area contributed by atoms with E-state index >= 15 is 0 Å². The summed E-state index contributed by atoms with van der Waals surface area (Å²) in [6, 6.07) is 1.02. The van der Waals surface area contributed by atoms with Gasteiger partial charge >= 0.3 is 0 Å². The second kappa shape index (κ2) is 4.80. The highest BCUT2D eigenvalue weighted by atomic mass is 16.5. The fourth-order valence-electron chi connectivity index (χ4n) is 1.69.